The number of rotatable bonds is 7. The highest BCUT2D eigenvalue weighted by Crippen LogP contribution is 2.18. The predicted octanol–water partition coefficient (Wildman–Crippen LogP) is 4.18. The Hall–Kier alpha value is -2.34. The fourth-order valence-electron chi connectivity index (χ4n) is 2.87. The van der Waals surface area contributed by atoms with Crippen LogP contribution in [0.4, 0.5) is 0 Å². The van der Waals surface area contributed by atoms with Crippen LogP contribution in [0.1, 0.15) is 11.1 Å². The number of sulfonamides is 1. The molecule has 0 amide bonds. The molecular weight excluding hydrogens is 382 g/mol. The molecule has 0 spiro atoms. The van der Waals surface area contributed by atoms with Gasteiger partial charge in [0, 0.05) is 11.1 Å². The first kappa shape index (κ1) is 19.4. The molecule has 6 heteroatoms. The summed E-state index contributed by atoms with van der Waals surface area (Å²) in [6.07, 6.45) is 1.05. The molecule has 1 unspecified atom stereocenters. The van der Waals surface area contributed by atoms with Crippen molar-refractivity contribution >= 4 is 21.6 Å². The van der Waals surface area contributed by atoms with E-state index in [1.54, 1.807) is 36.4 Å². The minimum Gasteiger partial charge on any atom is -0.508 e. The molecular formula is C21H20ClNO3S. The highest BCUT2D eigenvalue weighted by atomic mass is 35.5. The molecule has 3 rings (SSSR count). The zero-order chi connectivity index (χ0) is 19.3. The number of phenols is 1. The number of nitrogens with one attached hydrogen (secondary N) is 1. The third-order valence-electron chi connectivity index (χ3n) is 4.19. The highest BCUT2D eigenvalue weighted by Gasteiger charge is 2.21. The van der Waals surface area contributed by atoms with E-state index in [-0.39, 0.29) is 16.7 Å². The van der Waals surface area contributed by atoms with Gasteiger partial charge in [0.2, 0.25) is 10.0 Å². The van der Waals surface area contributed by atoms with Gasteiger partial charge in [-0.05, 0) is 60.4 Å². The van der Waals surface area contributed by atoms with Gasteiger partial charge in [-0.15, -0.1) is 0 Å². The van der Waals surface area contributed by atoms with Crippen molar-refractivity contribution in [2.24, 2.45) is 0 Å². The SMILES string of the molecule is O=S(=O)(NC(Cc1ccccc1)Cc1ccc(O)cc1)c1ccc(Cl)cc1. The molecule has 140 valence electrons. The van der Waals surface area contributed by atoms with Crippen LogP contribution in [0.15, 0.2) is 83.8 Å². The maximum Gasteiger partial charge on any atom is 0.240 e. The number of hydrogen-bond acceptors (Lipinski definition) is 3. The smallest absolute Gasteiger partial charge is 0.240 e. The summed E-state index contributed by atoms with van der Waals surface area (Å²) in [7, 11) is -3.68. The van der Waals surface area contributed by atoms with E-state index in [9.17, 15) is 13.5 Å². The second kappa shape index (κ2) is 8.57. The number of hydrogen-bond donors (Lipinski definition) is 2. The Balaban J connectivity index is 1.84. The molecule has 0 aromatic heterocycles. The molecule has 0 radical (unpaired) electrons. The Morgan fingerprint density at radius 1 is 0.815 bits per heavy atom. The Morgan fingerprint density at radius 2 is 1.37 bits per heavy atom. The minimum atomic E-state index is -3.68. The lowest BCUT2D eigenvalue weighted by atomic mass is 10.00. The zero-order valence-corrected chi connectivity index (χ0v) is 16.1. The van der Waals surface area contributed by atoms with Crippen molar-refractivity contribution in [2.45, 2.75) is 23.8 Å². The van der Waals surface area contributed by atoms with Gasteiger partial charge in [-0.1, -0.05) is 54.1 Å². The maximum absolute atomic E-state index is 12.8. The van der Waals surface area contributed by atoms with Crippen molar-refractivity contribution in [3.05, 3.63) is 95.0 Å². The average molecular weight is 402 g/mol. The lowest BCUT2D eigenvalue weighted by molar-refractivity contribution is 0.474. The van der Waals surface area contributed by atoms with Gasteiger partial charge in [0.25, 0.3) is 0 Å². The fraction of sp³-hybridized carbons (Fsp3) is 0.143. The molecule has 0 heterocycles. The monoisotopic (exact) mass is 401 g/mol. The Kier molecular flexibility index (Phi) is 6.16. The van der Waals surface area contributed by atoms with E-state index in [4.69, 9.17) is 11.6 Å². The summed E-state index contributed by atoms with van der Waals surface area (Å²) in [5, 5.41) is 9.95. The summed E-state index contributed by atoms with van der Waals surface area (Å²) in [5.74, 6) is 0.181. The topological polar surface area (TPSA) is 66.4 Å². The molecule has 0 aliphatic rings. The first-order chi connectivity index (χ1) is 12.9. The van der Waals surface area contributed by atoms with E-state index in [0.717, 1.165) is 11.1 Å². The molecule has 27 heavy (non-hydrogen) atoms. The largest absolute Gasteiger partial charge is 0.508 e. The zero-order valence-electron chi connectivity index (χ0n) is 14.5. The van der Waals surface area contributed by atoms with Crippen molar-refractivity contribution < 1.29 is 13.5 Å². The Morgan fingerprint density at radius 3 is 1.96 bits per heavy atom. The molecule has 0 fully saturated rings. The molecule has 3 aromatic carbocycles. The highest BCUT2D eigenvalue weighted by molar-refractivity contribution is 7.89. The average Bonchev–Trinajstić information content (AvgIpc) is 2.64. The molecule has 0 aliphatic carbocycles. The quantitative estimate of drug-likeness (QED) is 0.624. The predicted molar refractivity (Wildman–Crippen MR) is 108 cm³/mol. The summed E-state index contributed by atoms with van der Waals surface area (Å²) in [6.45, 7) is 0. The molecule has 2 N–H and O–H groups in total. The van der Waals surface area contributed by atoms with Gasteiger partial charge in [0.05, 0.1) is 4.90 Å². The van der Waals surface area contributed by atoms with Crippen LogP contribution in [-0.2, 0) is 22.9 Å². The third kappa shape index (κ3) is 5.57. The van der Waals surface area contributed by atoms with Crippen LogP contribution < -0.4 is 4.72 Å². The minimum absolute atomic E-state index is 0.177. The number of benzene rings is 3. The van der Waals surface area contributed by atoms with Crippen molar-refractivity contribution in [3.63, 3.8) is 0 Å². The molecule has 4 nitrogen and oxygen atoms in total. The van der Waals surface area contributed by atoms with Crippen molar-refractivity contribution in [3.8, 4) is 5.75 Å². The van der Waals surface area contributed by atoms with Crippen LogP contribution in [0, 0.1) is 0 Å². The normalized spacial score (nSPS) is 12.6. The second-order valence-electron chi connectivity index (χ2n) is 6.33. The molecule has 0 bridgehead atoms. The van der Waals surface area contributed by atoms with E-state index >= 15 is 0 Å². The summed E-state index contributed by atoms with van der Waals surface area (Å²) < 4.78 is 28.4. The third-order valence-corrected chi connectivity index (χ3v) is 5.98. The van der Waals surface area contributed by atoms with Crippen LogP contribution in [-0.4, -0.2) is 19.6 Å². The van der Waals surface area contributed by atoms with Crippen molar-refractivity contribution in [1.82, 2.24) is 4.72 Å². The maximum atomic E-state index is 12.8. The van der Waals surface area contributed by atoms with Crippen LogP contribution >= 0.6 is 11.6 Å². The first-order valence-corrected chi connectivity index (χ1v) is 10.4. The molecule has 0 aliphatic heterocycles. The summed E-state index contributed by atoms with van der Waals surface area (Å²) in [6, 6.07) is 22.3. The van der Waals surface area contributed by atoms with E-state index < -0.39 is 10.0 Å². The molecule has 0 saturated heterocycles. The van der Waals surface area contributed by atoms with Crippen molar-refractivity contribution in [1.29, 1.82) is 0 Å². The van der Waals surface area contributed by atoms with Crippen LogP contribution in [0.5, 0.6) is 5.75 Å². The second-order valence-corrected chi connectivity index (χ2v) is 8.48. The van der Waals surface area contributed by atoms with E-state index in [1.165, 1.54) is 12.1 Å². The van der Waals surface area contributed by atoms with Gasteiger partial charge < -0.3 is 5.11 Å². The number of aromatic hydroxyl groups is 1. The Bertz CT molecular complexity index is 972. The summed E-state index contributed by atoms with van der Waals surface area (Å²) in [4.78, 5) is 0.177. The Labute approximate surface area is 164 Å². The molecule has 3 aromatic rings. The van der Waals surface area contributed by atoms with Gasteiger partial charge in [-0.3, -0.25) is 0 Å². The summed E-state index contributed by atoms with van der Waals surface area (Å²) >= 11 is 5.86. The van der Waals surface area contributed by atoms with Gasteiger partial charge in [0.1, 0.15) is 5.75 Å². The number of halogens is 1. The van der Waals surface area contributed by atoms with Gasteiger partial charge in [-0.2, -0.15) is 0 Å². The van der Waals surface area contributed by atoms with Crippen LogP contribution in [0.3, 0.4) is 0 Å². The molecule has 1 atom stereocenters. The van der Waals surface area contributed by atoms with E-state index in [2.05, 4.69) is 4.72 Å². The van der Waals surface area contributed by atoms with E-state index in [1.807, 2.05) is 30.3 Å². The number of phenolic OH excluding ortho intramolecular Hbond substituents is 1. The molecule has 0 saturated carbocycles. The van der Waals surface area contributed by atoms with Gasteiger partial charge in [0.15, 0.2) is 0 Å². The lowest BCUT2D eigenvalue weighted by Gasteiger charge is -2.19. The van der Waals surface area contributed by atoms with Gasteiger partial charge >= 0.3 is 0 Å². The van der Waals surface area contributed by atoms with Crippen LogP contribution in [0.25, 0.3) is 0 Å². The summed E-state index contributed by atoms with van der Waals surface area (Å²) in [5.41, 5.74) is 1.98. The van der Waals surface area contributed by atoms with Crippen molar-refractivity contribution in [2.75, 3.05) is 0 Å². The first-order valence-electron chi connectivity index (χ1n) is 8.52. The van der Waals surface area contributed by atoms with E-state index in [0.29, 0.717) is 17.9 Å². The lowest BCUT2D eigenvalue weighted by Crippen LogP contribution is -2.38. The standard InChI is InChI=1S/C21H20ClNO3S/c22-18-8-12-21(13-9-18)27(25,26)23-19(14-16-4-2-1-3-5-16)15-17-6-10-20(24)11-7-17/h1-13,19,23-24H,14-15H2. The fourth-order valence-corrected chi connectivity index (χ4v) is 4.23. The van der Waals surface area contributed by atoms with Gasteiger partial charge in [-0.25, -0.2) is 13.1 Å². The van der Waals surface area contributed by atoms with Crippen LogP contribution in [0.2, 0.25) is 5.02 Å².